The van der Waals surface area contributed by atoms with Gasteiger partial charge in [-0.2, -0.15) is 0 Å². The Labute approximate surface area is 131 Å². The SMILES string of the molecule is CCc1cc2c(Br)ccnc2n1S(=O)(=O)c1ccccc1. The Morgan fingerprint density at radius 2 is 1.90 bits per heavy atom. The Hall–Kier alpha value is -1.66. The van der Waals surface area contributed by atoms with Gasteiger partial charge in [-0.1, -0.05) is 25.1 Å². The summed E-state index contributed by atoms with van der Waals surface area (Å²) in [6.07, 6.45) is 2.21. The third-order valence-electron chi connectivity index (χ3n) is 3.32. The lowest BCUT2D eigenvalue weighted by Gasteiger charge is -2.10. The van der Waals surface area contributed by atoms with Crippen molar-refractivity contribution in [2.24, 2.45) is 0 Å². The maximum Gasteiger partial charge on any atom is 0.269 e. The monoisotopic (exact) mass is 364 g/mol. The van der Waals surface area contributed by atoms with Crippen LogP contribution in [-0.4, -0.2) is 17.4 Å². The summed E-state index contributed by atoms with van der Waals surface area (Å²) in [5, 5.41) is 0.800. The number of hydrogen-bond acceptors (Lipinski definition) is 3. The van der Waals surface area contributed by atoms with Crippen LogP contribution < -0.4 is 0 Å². The standard InChI is InChI=1S/C15H13BrN2O2S/c1-2-11-10-13-14(16)8-9-17-15(13)18(11)21(19,20)12-6-4-3-5-7-12/h3-10H,2H2,1H3. The summed E-state index contributed by atoms with van der Waals surface area (Å²) in [6, 6.07) is 12.1. The second-order valence-corrected chi connectivity index (χ2v) is 7.24. The molecule has 4 nitrogen and oxygen atoms in total. The van der Waals surface area contributed by atoms with E-state index in [0.29, 0.717) is 17.8 Å². The fourth-order valence-corrected chi connectivity index (χ4v) is 4.29. The molecule has 2 heterocycles. The van der Waals surface area contributed by atoms with Crippen LogP contribution in [0.3, 0.4) is 0 Å². The highest BCUT2D eigenvalue weighted by molar-refractivity contribution is 9.10. The van der Waals surface area contributed by atoms with Gasteiger partial charge in [0.25, 0.3) is 10.0 Å². The highest BCUT2D eigenvalue weighted by Crippen LogP contribution is 2.29. The Balaban J connectivity index is 2.37. The van der Waals surface area contributed by atoms with E-state index in [9.17, 15) is 8.42 Å². The number of pyridine rings is 1. The van der Waals surface area contributed by atoms with Gasteiger partial charge in [0.05, 0.1) is 4.90 Å². The van der Waals surface area contributed by atoms with E-state index in [0.717, 1.165) is 9.86 Å². The van der Waals surface area contributed by atoms with Crippen LogP contribution in [0, 0.1) is 0 Å². The number of benzene rings is 1. The summed E-state index contributed by atoms with van der Waals surface area (Å²) in [7, 11) is -3.65. The Morgan fingerprint density at radius 3 is 2.57 bits per heavy atom. The van der Waals surface area contributed by atoms with Gasteiger partial charge in [0.1, 0.15) is 0 Å². The minimum atomic E-state index is -3.65. The highest BCUT2D eigenvalue weighted by atomic mass is 79.9. The fourth-order valence-electron chi connectivity index (χ4n) is 2.31. The Kier molecular flexibility index (Phi) is 3.59. The van der Waals surface area contributed by atoms with Crippen LogP contribution in [0.5, 0.6) is 0 Å². The zero-order chi connectivity index (χ0) is 15.0. The number of fused-ring (bicyclic) bond motifs is 1. The maximum absolute atomic E-state index is 12.9. The van der Waals surface area contributed by atoms with Crippen LogP contribution in [0.1, 0.15) is 12.6 Å². The summed E-state index contributed by atoms with van der Waals surface area (Å²) in [6.45, 7) is 1.93. The lowest BCUT2D eigenvalue weighted by molar-refractivity contribution is 0.587. The third-order valence-corrected chi connectivity index (χ3v) is 5.77. The molecule has 3 rings (SSSR count). The second kappa shape index (κ2) is 5.27. The molecule has 0 fully saturated rings. The molecule has 0 unspecified atom stereocenters. The minimum absolute atomic E-state index is 0.263. The molecule has 2 aromatic heterocycles. The van der Waals surface area contributed by atoms with E-state index in [1.807, 2.05) is 13.0 Å². The van der Waals surface area contributed by atoms with Crippen molar-refractivity contribution in [1.29, 1.82) is 0 Å². The van der Waals surface area contributed by atoms with Crippen molar-refractivity contribution < 1.29 is 8.42 Å². The highest BCUT2D eigenvalue weighted by Gasteiger charge is 2.23. The van der Waals surface area contributed by atoms with Gasteiger partial charge in [0, 0.05) is 21.7 Å². The summed E-state index contributed by atoms with van der Waals surface area (Å²) in [4.78, 5) is 4.52. The van der Waals surface area contributed by atoms with E-state index in [2.05, 4.69) is 20.9 Å². The van der Waals surface area contributed by atoms with E-state index in [1.165, 1.54) is 3.97 Å². The molecule has 0 saturated heterocycles. The zero-order valence-corrected chi connectivity index (χ0v) is 13.7. The molecule has 1 aromatic carbocycles. The first-order valence-corrected chi connectivity index (χ1v) is 8.74. The van der Waals surface area contributed by atoms with Crippen LogP contribution in [0.2, 0.25) is 0 Å². The van der Waals surface area contributed by atoms with Crippen LogP contribution in [0.4, 0.5) is 0 Å². The molecule has 0 amide bonds. The molecule has 21 heavy (non-hydrogen) atoms. The van der Waals surface area contributed by atoms with Gasteiger partial charge in [-0.3, -0.25) is 0 Å². The molecule has 0 aliphatic rings. The van der Waals surface area contributed by atoms with Gasteiger partial charge < -0.3 is 0 Å². The van der Waals surface area contributed by atoms with Crippen molar-refractivity contribution in [3.8, 4) is 0 Å². The zero-order valence-electron chi connectivity index (χ0n) is 11.3. The van der Waals surface area contributed by atoms with Crippen LogP contribution >= 0.6 is 15.9 Å². The van der Waals surface area contributed by atoms with Gasteiger partial charge in [0.15, 0.2) is 5.65 Å². The second-order valence-electron chi connectivity index (χ2n) is 4.60. The molecule has 0 bridgehead atoms. The molecule has 108 valence electrons. The van der Waals surface area contributed by atoms with Crippen molar-refractivity contribution >= 4 is 37.0 Å². The van der Waals surface area contributed by atoms with Crippen molar-refractivity contribution in [3.05, 3.63) is 58.8 Å². The molecular weight excluding hydrogens is 352 g/mol. The number of aromatic nitrogens is 2. The lowest BCUT2D eigenvalue weighted by Crippen LogP contribution is -2.15. The predicted octanol–water partition coefficient (Wildman–Crippen LogP) is 3.60. The molecule has 0 saturated carbocycles. The van der Waals surface area contributed by atoms with E-state index in [4.69, 9.17) is 0 Å². The van der Waals surface area contributed by atoms with Crippen LogP contribution in [-0.2, 0) is 16.4 Å². The first kappa shape index (κ1) is 14.3. The molecule has 0 aliphatic heterocycles. The smallest absolute Gasteiger partial charge is 0.237 e. The third kappa shape index (κ3) is 2.28. The topological polar surface area (TPSA) is 52.0 Å². The largest absolute Gasteiger partial charge is 0.269 e. The summed E-state index contributed by atoms with van der Waals surface area (Å²) < 4.78 is 28.0. The van der Waals surface area contributed by atoms with Gasteiger partial charge in [-0.15, -0.1) is 0 Å². The number of rotatable bonds is 3. The van der Waals surface area contributed by atoms with Crippen molar-refractivity contribution in [2.75, 3.05) is 0 Å². The number of halogens is 1. The van der Waals surface area contributed by atoms with E-state index < -0.39 is 10.0 Å². The van der Waals surface area contributed by atoms with Crippen molar-refractivity contribution in [1.82, 2.24) is 8.96 Å². The first-order valence-electron chi connectivity index (χ1n) is 6.51. The number of hydrogen-bond donors (Lipinski definition) is 0. The average Bonchev–Trinajstić information content (AvgIpc) is 2.89. The van der Waals surface area contributed by atoms with Gasteiger partial charge >= 0.3 is 0 Å². The number of aryl methyl sites for hydroxylation is 1. The molecule has 0 aliphatic carbocycles. The van der Waals surface area contributed by atoms with Gasteiger partial charge in [0.2, 0.25) is 0 Å². The van der Waals surface area contributed by atoms with Crippen LogP contribution in [0.25, 0.3) is 11.0 Å². The van der Waals surface area contributed by atoms with Gasteiger partial charge in [-0.25, -0.2) is 17.4 Å². The molecule has 3 aromatic rings. The van der Waals surface area contributed by atoms with E-state index in [-0.39, 0.29) is 4.90 Å². The van der Waals surface area contributed by atoms with Crippen molar-refractivity contribution in [3.63, 3.8) is 0 Å². The Morgan fingerprint density at radius 1 is 1.19 bits per heavy atom. The molecule has 0 N–H and O–H groups in total. The maximum atomic E-state index is 12.9. The molecule has 0 atom stereocenters. The fraction of sp³-hybridized carbons (Fsp3) is 0.133. The van der Waals surface area contributed by atoms with Crippen molar-refractivity contribution in [2.45, 2.75) is 18.2 Å². The number of nitrogens with zero attached hydrogens (tertiary/aromatic N) is 2. The Bertz CT molecular complexity index is 902. The minimum Gasteiger partial charge on any atom is -0.237 e. The average molecular weight is 365 g/mol. The first-order chi connectivity index (χ1) is 10.1. The molecule has 0 radical (unpaired) electrons. The summed E-state index contributed by atoms with van der Waals surface area (Å²) in [5.74, 6) is 0. The normalized spacial score (nSPS) is 11.9. The van der Waals surface area contributed by atoms with E-state index >= 15 is 0 Å². The quantitative estimate of drug-likeness (QED) is 0.713. The predicted molar refractivity (Wildman–Crippen MR) is 85.8 cm³/mol. The molecule has 0 spiro atoms. The molecule has 6 heteroatoms. The summed E-state index contributed by atoms with van der Waals surface area (Å²) in [5.41, 5.74) is 1.17. The van der Waals surface area contributed by atoms with Crippen LogP contribution in [0.15, 0.2) is 58.0 Å². The molecular formula is C15H13BrN2O2S. The van der Waals surface area contributed by atoms with E-state index in [1.54, 1.807) is 42.6 Å². The van der Waals surface area contributed by atoms with Gasteiger partial charge in [-0.05, 0) is 46.6 Å². The summed E-state index contributed by atoms with van der Waals surface area (Å²) >= 11 is 3.45. The lowest BCUT2D eigenvalue weighted by atomic mass is 10.3.